The average molecular weight is 319 g/mol. The summed E-state index contributed by atoms with van der Waals surface area (Å²) in [5, 5.41) is 3.56. The van der Waals surface area contributed by atoms with E-state index in [2.05, 4.69) is 15.2 Å². The molecular weight excluding hydrogens is 301 g/mol. The summed E-state index contributed by atoms with van der Waals surface area (Å²) in [5.74, 6) is -0.733. The Balaban J connectivity index is 1.72. The monoisotopic (exact) mass is 319 g/mol. The van der Waals surface area contributed by atoms with Crippen LogP contribution in [0.3, 0.4) is 0 Å². The normalized spacial score (nSPS) is 15.2. The third kappa shape index (κ3) is 3.34. The highest BCUT2D eigenvalue weighted by atomic mass is 32.1. The molecule has 0 unspecified atom stereocenters. The molecule has 6 heteroatoms. The number of nitrogens with one attached hydrogen (secondary N) is 1. The molecule has 1 saturated heterocycles. The topological polar surface area (TPSA) is 45.2 Å². The van der Waals surface area contributed by atoms with Gasteiger partial charge >= 0.3 is 0 Å². The van der Waals surface area contributed by atoms with Gasteiger partial charge in [0.05, 0.1) is 17.9 Å². The maximum atomic E-state index is 13.6. The Morgan fingerprint density at radius 1 is 1.36 bits per heavy atom. The highest BCUT2D eigenvalue weighted by molar-refractivity contribution is 7.13. The highest BCUT2D eigenvalue weighted by Crippen LogP contribution is 2.23. The number of halogens is 1. The second kappa shape index (κ2) is 6.54. The number of thiazole rings is 1. The summed E-state index contributed by atoms with van der Waals surface area (Å²) in [5.41, 5.74) is 0.898. The van der Waals surface area contributed by atoms with E-state index in [0.717, 1.165) is 24.6 Å². The zero-order chi connectivity index (χ0) is 15.5. The number of hydrogen-bond donors (Lipinski definition) is 1. The number of rotatable bonds is 4. The Hall–Kier alpha value is -1.79. The van der Waals surface area contributed by atoms with E-state index < -0.39 is 5.82 Å². The molecule has 1 N–H and O–H groups in total. The molecule has 1 aliphatic heterocycles. The fourth-order valence-electron chi connectivity index (χ4n) is 2.60. The number of carbonyl (C=O) groups is 1. The molecule has 1 aliphatic rings. The number of aryl methyl sites for hydroxylation is 1. The molecule has 1 amide bonds. The van der Waals surface area contributed by atoms with E-state index in [4.69, 9.17) is 0 Å². The van der Waals surface area contributed by atoms with Crippen molar-refractivity contribution in [1.29, 1.82) is 0 Å². The van der Waals surface area contributed by atoms with Crippen LogP contribution < -0.4 is 5.32 Å². The van der Waals surface area contributed by atoms with Gasteiger partial charge in [-0.3, -0.25) is 9.69 Å². The number of hydrogen-bond acceptors (Lipinski definition) is 4. The summed E-state index contributed by atoms with van der Waals surface area (Å²) in [7, 11) is 0. The summed E-state index contributed by atoms with van der Waals surface area (Å²) < 4.78 is 13.6. The van der Waals surface area contributed by atoms with Gasteiger partial charge in [0.25, 0.3) is 5.91 Å². The van der Waals surface area contributed by atoms with Crippen LogP contribution in [0.2, 0.25) is 0 Å². The highest BCUT2D eigenvalue weighted by Gasteiger charge is 2.19. The number of para-hydroxylation sites is 1. The third-order valence-electron chi connectivity index (χ3n) is 3.73. The molecule has 1 aromatic heterocycles. The van der Waals surface area contributed by atoms with Gasteiger partial charge in [0.1, 0.15) is 15.7 Å². The van der Waals surface area contributed by atoms with Crippen LogP contribution >= 0.6 is 11.3 Å². The van der Waals surface area contributed by atoms with Crippen LogP contribution in [0.25, 0.3) is 0 Å². The molecule has 4 nitrogen and oxygen atoms in total. The first-order valence-electron chi connectivity index (χ1n) is 7.38. The summed E-state index contributed by atoms with van der Waals surface area (Å²) in [4.78, 5) is 19.7. The van der Waals surface area contributed by atoms with E-state index in [-0.39, 0.29) is 11.6 Å². The van der Waals surface area contributed by atoms with Crippen molar-refractivity contribution in [3.05, 3.63) is 45.7 Å². The Kier molecular flexibility index (Phi) is 4.49. The van der Waals surface area contributed by atoms with Gasteiger partial charge in [0.2, 0.25) is 0 Å². The quantitative estimate of drug-likeness (QED) is 0.939. The standard InChI is InChI=1S/C16H18FN3OS/c1-11-15(16(21)19-13-7-3-2-6-12(13)17)22-14(18-11)10-20-8-4-5-9-20/h2-3,6-7H,4-5,8-10H2,1H3,(H,19,21). The number of carbonyl (C=O) groups excluding carboxylic acids is 1. The summed E-state index contributed by atoms with van der Waals surface area (Å²) >= 11 is 1.39. The summed E-state index contributed by atoms with van der Waals surface area (Å²) in [6.45, 7) is 4.80. The second-order valence-electron chi connectivity index (χ2n) is 5.44. The van der Waals surface area contributed by atoms with Crippen LogP contribution in [0.1, 0.15) is 33.2 Å². The minimum atomic E-state index is -0.435. The Labute approximate surface area is 133 Å². The number of anilines is 1. The van der Waals surface area contributed by atoms with Gasteiger partial charge < -0.3 is 5.32 Å². The summed E-state index contributed by atoms with van der Waals surface area (Å²) in [6.07, 6.45) is 2.45. The lowest BCUT2D eigenvalue weighted by molar-refractivity contribution is 0.102. The SMILES string of the molecule is Cc1nc(CN2CCCC2)sc1C(=O)Nc1ccccc1F. The fraction of sp³-hybridized carbons (Fsp3) is 0.375. The maximum Gasteiger partial charge on any atom is 0.267 e. The smallest absolute Gasteiger partial charge is 0.267 e. The van der Waals surface area contributed by atoms with Gasteiger partial charge in [-0.25, -0.2) is 9.37 Å². The van der Waals surface area contributed by atoms with Gasteiger partial charge in [-0.05, 0) is 45.0 Å². The molecule has 1 aromatic carbocycles. The first kappa shape index (κ1) is 15.1. The molecular formula is C16H18FN3OS. The zero-order valence-electron chi connectivity index (χ0n) is 12.4. The number of amides is 1. The first-order valence-corrected chi connectivity index (χ1v) is 8.19. The van der Waals surface area contributed by atoms with E-state index in [1.807, 2.05) is 6.92 Å². The lowest BCUT2D eigenvalue weighted by Crippen LogP contribution is -2.18. The maximum absolute atomic E-state index is 13.6. The van der Waals surface area contributed by atoms with Crippen LogP contribution in [0.5, 0.6) is 0 Å². The van der Waals surface area contributed by atoms with Crippen LogP contribution in [-0.2, 0) is 6.54 Å². The van der Waals surface area contributed by atoms with E-state index in [9.17, 15) is 9.18 Å². The van der Waals surface area contributed by atoms with Crippen molar-refractivity contribution in [1.82, 2.24) is 9.88 Å². The molecule has 0 atom stereocenters. The van der Waals surface area contributed by atoms with Crippen molar-refractivity contribution in [3.8, 4) is 0 Å². The Bertz CT molecular complexity index is 680. The number of benzene rings is 1. The number of aromatic nitrogens is 1. The molecule has 0 radical (unpaired) electrons. The Morgan fingerprint density at radius 2 is 2.09 bits per heavy atom. The fourth-order valence-corrected chi connectivity index (χ4v) is 3.61. The lowest BCUT2D eigenvalue weighted by atomic mass is 10.3. The van der Waals surface area contributed by atoms with Crippen molar-refractivity contribution >= 4 is 22.9 Å². The molecule has 0 bridgehead atoms. The van der Waals surface area contributed by atoms with Gasteiger partial charge in [-0.15, -0.1) is 11.3 Å². The minimum absolute atomic E-state index is 0.196. The van der Waals surface area contributed by atoms with Gasteiger partial charge in [0, 0.05) is 0 Å². The molecule has 2 heterocycles. The van der Waals surface area contributed by atoms with Gasteiger partial charge in [-0.1, -0.05) is 12.1 Å². The molecule has 3 rings (SSSR count). The van der Waals surface area contributed by atoms with E-state index in [1.165, 1.54) is 30.2 Å². The predicted molar refractivity (Wildman–Crippen MR) is 85.7 cm³/mol. The van der Waals surface area contributed by atoms with Crippen molar-refractivity contribution in [2.45, 2.75) is 26.3 Å². The molecule has 0 saturated carbocycles. The molecule has 22 heavy (non-hydrogen) atoms. The van der Waals surface area contributed by atoms with Gasteiger partial charge in [-0.2, -0.15) is 0 Å². The zero-order valence-corrected chi connectivity index (χ0v) is 13.3. The van der Waals surface area contributed by atoms with Crippen LogP contribution in [-0.4, -0.2) is 28.9 Å². The lowest BCUT2D eigenvalue weighted by Gasteiger charge is -2.11. The molecule has 0 aliphatic carbocycles. The molecule has 2 aromatic rings. The second-order valence-corrected chi connectivity index (χ2v) is 6.52. The van der Waals surface area contributed by atoms with Crippen LogP contribution in [0, 0.1) is 12.7 Å². The molecule has 1 fully saturated rings. The minimum Gasteiger partial charge on any atom is -0.319 e. The number of likely N-dealkylation sites (tertiary alicyclic amines) is 1. The van der Waals surface area contributed by atoms with E-state index >= 15 is 0 Å². The third-order valence-corrected chi connectivity index (χ3v) is 4.87. The first-order chi connectivity index (χ1) is 10.6. The molecule has 116 valence electrons. The van der Waals surface area contributed by atoms with Crippen molar-refractivity contribution in [2.24, 2.45) is 0 Å². The van der Waals surface area contributed by atoms with Crippen molar-refractivity contribution in [2.75, 3.05) is 18.4 Å². The largest absolute Gasteiger partial charge is 0.319 e. The predicted octanol–water partition coefficient (Wildman–Crippen LogP) is 3.44. The summed E-state index contributed by atoms with van der Waals surface area (Å²) in [6, 6.07) is 6.16. The molecule has 0 spiro atoms. The Morgan fingerprint density at radius 3 is 2.82 bits per heavy atom. The van der Waals surface area contributed by atoms with Crippen LogP contribution in [0.4, 0.5) is 10.1 Å². The van der Waals surface area contributed by atoms with Crippen LogP contribution in [0.15, 0.2) is 24.3 Å². The van der Waals surface area contributed by atoms with Crippen molar-refractivity contribution in [3.63, 3.8) is 0 Å². The van der Waals surface area contributed by atoms with Crippen molar-refractivity contribution < 1.29 is 9.18 Å². The van der Waals surface area contributed by atoms with E-state index in [0.29, 0.717) is 10.6 Å². The van der Waals surface area contributed by atoms with Gasteiger partial charge in [0.15, 0.2) is 0 Å². The number of nitrogens with zero attached hydrogens (tertiary/aromatic N) is 2. The van der Waals surface area contributed by atoms with E-state index in [1.54, 1.807) is 18.2 Å². The average Bonchev–Trinajstić information content (AvgIpc) is 3.11.